The van der Waals surface area contributed by atoms with Crippen LogP contribution in [0.4, 0.5) is 8.78 Å². The predicted molar refractivity (Wildman–Crippen MR) is 95.7 cm³/mol. The van der Waals surface area contributed by atoms with Gasteiger partial charge in [-0.2, -0.15) is 0 Å². The second-order valence-electron chi connectivity index (χ2n) is 6.72. The standard InChI is InChI=1S/C21H24F2O3/c1-25-18-9-7-14(8-10-18)5-6-15-3-2-4-16(11-15)19-12-17(24)13-20(26-19)21(22)23/h2-4,7-11,17,19-21,24H,5-6,12-13H2,1H3. The van der Waals surface area contributed by atoms with E-state index in [9.17, 15) is 13.9 Å². The van der Waals surface area contributed by atoms with Gasteiger partial charge in [0.1, 0.15) is 11.9 Å². The lowest BCUT2D eigenvalue weighted by atomic mass is 9.94. The molecule has 1 N–H and O–H groups in total. The number of aryl methyl sites for hydroxylation is 2. The second kappa shape index (κ2) is 8.60. The number of hydrogen-bond donors (Lipinski definition) is 1. The Morgan fingerprint density at radius 1 is 1.08 bits per heavy atom. The van der Waals surface area contributed by atoms with Crippen molar-refractivity contribution in [3.8, 4) is 5.75 Å². The molecule has 3 atom stereocenters. The van der Waals surface area contributed by atoms with Crippen LogP contribution in [-0.2, 0) is 17.6 Å². The monoisotopic (exact) mass is 362 g/mol. The minimum absolute atomic E-state index is 0.00860. The molecule has 0 saturated carbocycles. The number of rotatable bonds is 6. The maximum atomic E-state index is 13.0. The summed E-state index contributed by atoms with van der Waals surface area (Å²) in [5.41, 5.74) is 3.18. The van der Waals surface area contributed by atoms with E-state index < -0.39 is 24.7 Å². The van der Waals surface area contributed by atoms with E-state index in [1.165, 1.54) is 5.56 Å². The average molecular weight is 362 g/mol. The highest BCUT2D eigenvalue weighted by Gasteiger charge is 2.34. The molecule has 1 saturated heterocycles. The summed E-state index contributed by atoms with van der Waals surface area (Å²) in [6, 6.07) is 15.8. The lowest BCUT2D eigenvalue weighted by molar-refractivity contribution is -0.150. The number of methoxy groups -OCH3 is 1. The lowest BCUT2D eigenvalue weighted by Crippen LogP contribution is -2.35. The van der Waals surface area contributed by atoms with Gasteiger partial charge in [0.05, 0.1) is 19.3 Å². The van der Waals surface area contributed by atoms with Crippen molar-refractivity contribution in [2.45, 2.75) is 50.4 Å². The Morgan fingerprint density at radius 2 is 1.81 bits per heavy atom. The highest BCUT2D eigenvalue weighted by Crippen LogP contribution is 2.34. The zero-order valence-electron chi connectivity index (χ0n) is 14.8. The van der Waals surface area contributed by atoms with E-state index in [-0.39, 0.29) is 6.42 Å². The van der Waals surface area contributed by atoms with Crippen molar-refractivity contribution >= 4 is 0 Å². The zero-order chi connectivity index (χ0) is 18.5. The maximum Gasteiger partial charge on any atom is 0.264 e. The molecule has 0 amide bonds. The van der Waals surface area contributed by atoms with E-state index in [1.807, 2.05) is 48.5 Å². The first-order valence-corrected chi connectivity index (χ1v) is 8.88. The van der Waals surface area contributed by atoms with E-state index in [4.69, 9.17) is 9.47 Å². The highest BCUT2D eigenvalue weighted by atomic mass is 19.3. The van der Waals surface area contributed by atoms with Gasteiger partial charge in [-0.3, -0.25) is 0 Å². The Hall–Kier alpha value is -1.98. The van der Waals surface area contributed by atoms with Crippen molar-refractivity contribution < 1.29 is 23.4 Å². The molecule has 0 bridgehead atoms. The largest absolute Gasteiger partial charge is 0.497 e. The molecule has 26 heavy (non-hydrogen) atoms. The first kappa shape index (κ1) is 18.8. The van der Waals surface area contributed by atoms with E-state index >= 15 is 0 Å². The molecule has 1 aliphatic heterocycles. The lowest BCUT2D eigenvalue weighted by Gasteiger charge is -2.33. The van der Waals surface area contributed by atoms with Crippen molar-refractivity contribution in [3.05, 3.63) is 65.2 Å². The minimum Gasteiger partial charge on any atom is -0.497 e. The van der Waals surface area contributed by atoms with E-state index in [0.29, 0.717) is 6.42 Å². The Bertz CT molecular complexity index is 703. The summed E-state index contributed by atoms with van der Waals surface area (Å²) >= 11 is 0. The molecule has 0 aliphatic carbocycles. The molecule has 2 aromatic carbocycles. The molecule has 0 radical (unpaired) electrons. The number of benzene rings is 2. The van der Waals surface area contributed by atoms with Crippen LogP contribution in [0.1, 0.15) is 35.6 Å². The fourth-order valence-electron chi connectivity index (χ4n) is 3.34. The van der Waals surface area contributed by atoms with Gasteiger partial charge in [-0.1, -0.05) is 36.4 Å². The van der Waals surface area contributed by atoms with Crippen LogP contribution in [0.15, 0.2) is 48.5 Å². The molecule has 5 heteroatoms. The Labute approximate surface area is 152 Å². The average Bonchev–Trinajstić information content (AvgIpc) is 2.66. The summed E-state index contributed by atoms with van der Waals surface area (Å²) in [5.74, 6) is 0.831. The summed E-state index contributed by atoms with van der Waals surface area (Å²) in [7, 11) is 1.64. The molecule has 0 aromatic heterocycles. The number of alkyl halides is 2. The molecule has 3 unspecified atom stereocenters. The van der Waals surface area contributed by atoms with Crippen molar-refractivity contribution in [1.82, 2.24) is 0 Å². The number of hydrogen-bond acceptors (Lipinski definition) is 3. The van der Waals surface area contributed by atoms with Gasteiger partial charge in [0.2, 0.25) is 0 Å². The summed E-state index contributed by atoms with van der Waals surface area (Å²) in [6.45, 7) is 0. The van der Waals surface area contributed by atoms with Crippen LogP contribution in [0.5, 0.6) is 5.75 Å². The zero-order valence-corrected chi connectivity index (χ0v) is 14.8. The fraction of sp³-hybridized carbons (Fsp3) is 0.429. The van der Waals surface area contributed by atoms with Crippen LogP contribution in [-0.4, -0.2) is 30.8 Å². The van der Waals surface area contributed by atoms with Crippen LogP contribution < -0.4 is 4.74 Å². The predicted octanol–water partition coefficient (Wildman–Crippen LogP) is 4.33. The molecule has 2 aromatic rings. The van der Waals surface area contributed by atoms with Crippen LogP contribution in [0.25, 0.3) is 0 Å². The summed E-state index contributed by atoms with van der Waals surface area (Å²) in [6.07, 6.45) is -2.96. The quantitative estimate of drug-likeness (QED) is 0.831. The van der Waals surface area contributed by atoms with E-state index in [2.05, 4.69) is 0 Å². The van der Waals surface area contributed by atoms with Crippen molar-refractivity contribution in [2.75, 3.05) is 7.11 Å². The summed E-state index contributed by atoms with van der Waals surface area (Å²) in [4.78, 5) is 0. The fourth-order valence-corrected chi connectivity index (χ4v) is 3.34. The Kier molecular flexibility index (Phi) is 6.22. The first-order valence-electron chi connectivity index (χ1n) is 8.88. The van der Waals surface area contributed by atoms with Gasteiger partial charge in [0, 0.05) is 12.8 Å². The van der Waals surface area contributed by atoms with Gasteiger partial charge in [-0.25, -0.2) is 8.78 Å². The van der Waals surface area contributed by atoms with Crippen LogP contribution in [0.2, 0.25) is 0 Å². The third kappa shape index (κ3) is 4.80. The third-order valence-electron chi connectivity index (χ3n) is 4.79. The number of halogens is 2. The molecular formula is C21H24F2O3. The molecule has 0 spiro atoms. The van der Waals surface area contributed by atoms with Gasteiger partial charge in [-0.15, -0.1) is 0 Å². The maximum absolute atomic E-state index is 13.0. The number of ether oxygens (including phenoxy) is 2. The SMILES string of the molecule is COc1ccc(CCc2cccc(C3CC(O)CC(C(F)F)O3)c2)cc1. The van der Waals surface area contributed by atoms with E-state index in [0.717, 1.165) is 29.7 Å². The molecule has 3 nitrogen and oxygen atoms in total. The smallest absolute Gasteiger partial charge is 0.264 e. The molecule has 140 valence electrons. The summed E-state index contributed by atoms with van der Waals surface area (Å²) in [5, 5.41) is 9.90. The van der Waals surface area contributed by atoms with Crippen LogP contribution in [0.3, 0.4) is 0 Å². The van der Waals surface area contributed by atoms with Gasteiger partial charge in [0.25, 0.3) is 6.43 Å². The van der Waals surface area contributed by atoms with Gasteiger partial charge < -0.3 is 14.6 Å². The molecule has 1 heterocycles. The second-order valence-corrected chi connectivity index (χ2v) is 6.72. The highest BCUT2D eigenvalue weighted by molar-refractivity contribution is 5.30. The van der Waals surface area contributed by atoms with Crippen molar-refractivity contribution in [2.24, 2.45) is 0 Å². The van der Waals surface area contributed by atoms with Gasteiger partial charge >= 0.3 is 0 Å². The van der Waals surface area contributed by atoms with Crippen LogP contribution >= 0.6 is 0 Å². The van der Waals surface area contributed by atoms with Crippen molar-refractivity contribution in [1.29, 1.82) is 0 Å². The minimum atomic E-state index is -2.58. The molecular weight excluding hydrogens is 338 g/mol. The number of aliphatic hydroxyl groups is 1. The third-order valence-corrected chi connectivity index (χ3v) is 4.79. The summed E-state index contributed by atoms with van der Waals surface area (Å²) < 4.78 is 36.6. The molecule has 3 rings (SSSR count). The van der Waals surface area contributed by atoms with Gasteiger partial charge in [-0.05, 0) is 41.7 Å². The van der Waals surface area contributed by atoms with Crippen molar-refractivity contribution in [3.63, 3.8) is 0 Å². The topological polar surface area (TPSA) is 38.7 Å². The van der Waals surface area contributed by atoms with Gasteiger partial charge in [0.15, 0.2) is 0 Å². The Morgan fingerprint density at radius 3 is 2.50 bits per heavy atom. The first-order chi connectivity index (χ1) is 12.5. The normalized spacial score (nSPS) is 23.2. The van der Waals surface area contributed by atoms with Crippen LogP contribution in [0, 0.1) is 0 Å². The molecule has 1 aliphatic rings. The van der Waals surface area contributed by atoms with E-state index in [1.54, 1.807) is 7.11 Å². The Balaban J connectivity index is 1.65. The molecule has 1 fully saturated rings. The number of aliphatic hydroxyl groups excluding tert-OH is 1.